The first-order valence-corrected chi connectivity index (χ1v) is 14.4. The van der Waals surface area contributed by atoms with Crippen LogP contribution >= 0.6 is 0 Å². The first kappa shape index (κ1) is 31.1. The van der Waals surface area contributed by atoms with Gasteiger partial charge in [-0.2, -0.15) is 0 Å². The van der Waals surface area contributed by atoms with Gasteiger partial charge in [0.1, 0.15) is 0 Å². The summed E-state index contributed by atoms with van der Waals surface area (Å²) in [5.74, 6) is 5.98. The van der Waals surface area contributed by atoms with E-state index >= 15 is 0 Å². The monoisotopic (exact) mass is 591 g/mol. The van der Waals surface area contributed by atoms with E-state index in [1.54, 1.807) is 60.5 Å². The molecule has 1 amide bonds. The molecular weight excluding hydrogens is 560 g/mol. The number of carbonyl (C=O) groups is 1. The fourth-order valence-electron chi connectivity index (χ4n) is 5.01. The fourth-order valence-corrected chi connectivity index (χ4v) is 5.01. The van der Waals surface area contributed by atoms with Crippen molar-refractivity contribution in [2.24, 2.45) is 7.05 Å². The van der Waals surface area contributed by atoms with Crippen molar-refractivity contribution in [3.8, 4) is 11.8 Å². The second kappa shape index (κ2) is 12.4. The van der Waals surface area contributed by atoms with Gasteiger partial charge in [0.2, 0.25) is 0 Å². The van der Waals surface area contributed by atoms with E-state index < -0.39 is 11.9 Å². The third-order valence-corrected chi connectivity index (χ3v) is 7.92. The van der Waals surface area contributed by atoms with Gasteiger partial charge in [0.05, 0.1) is 0 Å². The van der Waals surface area contributed by atoms with Gasteiger partial charge >= 0.3 is 265 Å². The molecule has 0 aliphatic rings. The molecule has 0 saturated carbocycles. The van der Waals surface area contributed by atoms with Crippen molar-refractivity contribution in [3.63, 3.8) is 0 Å². The van der Waals surface area contributed by atoms with E-state index in [1.807, 2.05) is 45.4 Å². The van der Waals surface area contributed by atoms with Gasteiger partial charge in [-0.3, -0.25) is 0 Å². The van der Waals surface area contributed by atoms with Gasteiger partial charge in [-0.05, 0) is 0 Å². The number of hydrogen-bond donors (Lipinski definition) is 2. The number of nitrogens with one attached hydrogen (secondary N) is 1. The summed E-state index contributed by atoms with van der Waals surface area (Å²) in [6, 6.07) is 8.07. The molecule has 1 atom stereocenters. The summed E-state index contributed by atoms with van der Waals surface area (Å²) in [6.07, 6.45) is 5.02. The summed E-state index contributed by atoms with van der Waals surface area (Å²) in [5, 5.41) is 11.8. The standard InChI is InChI=1S/C29H30B5N9O2/c1-14(30)21(31)22(32)23(33)24(34)43-26(15(2)37-28(44)20-25(35)40-42-12-5-11-36-27(20)42)38-18-7-4-6-16(19(18)29(43)45)8-9-17-10-13-41(3)39-17/h4-7,10-13,15,34H,30-33H2,1-3H3,(H2,35,40)(H,37,44)/b21-14-,23-22-. The normalized spacial score (nSPS) is 13.0. The summed E-state index contributed by atoms with van der Waals surface area (Å²) in [7, 11) is 14.2. The third-order valence-electron chi connectivity index (χ3n) is 7.92. The maximum atomic E-state index is 14.5. The van der Waals surface area contributed by atoms with Gasteiger partial charge in [0.15, 0.2) is 0 Å². The first-order valence-electron chi connectivity index (χ1n) is 14.4. The van der Waals surface area contributed by atoms with Crippen LogP contribution in [0.15, 0.2) is 75.6 Å². The molecule has 11 nitrogen and oxygen atoms in total. The molecule has 0 fully saturated rings. The van der Waals surface area contributed by atoms with Gasteiger partial charge < -0.3 is 0 Å². The summed E-state index contributed by atoms with van der Waals surface area (Å²) >= 11 is 0. The number of nitrogen functional groups attached to an aromatic ring is 1. The number of carbonyl (C=O) groups excluding carboxylic acids is 1. The second-order valence-corrected chi connectivity index (χ2v) is 11.1. The Labute approximate surface area is 264 Å². The molecule has 0 aliphatic heterocycles. The second-order valence-electron chi connectivity index (χ2n) is 11.1. The van der Waals surface area contributed by atoms with E-state index in [0.29, 0.717) is 39.2 Å². The molecule has 4 aromatic heterocycles. The Morgan fingerprint density at radius 1 is 1.04 bits per heavy atom. The van der Waals surface area contributed by atoms with E-state index in [9.17, 15) is 9.59 Å². The molecular formula is C29H30B5N9O2. The van der Waals surface area contributed by atoms with E-state index in [0.717, 1.165) is 21.9 Å². The maximum absolute atomic E-state index is 14.5. The van der Waals surface area contributed by atoms with Crippen molar-refractivity contribution in [1.29, 1.82) is 0 Å². The first-order chi connectivity index (χ1) is 21.4. The minimum atomic E-state index is -0.745. The number of nitrogens with two attached hydrogens (primary N) is 1. The third kappa shape index (κ3) is 5.94. The van der Waals surface area contributed by atoms with Crippen molar-refractivity contribution >= 4 is 72.7 Å². The molecule has 218 valence electrons. The molecule has 1 aromatic carbocycles. The number of amides is 1. The predicted molar refractivity (Wildman–Crippen MR) is 190 cm³/mol. The number of allylic oxidation sites excluding steroid dienone is 4. The summed E-state index contributed by atoms with van der Waals surface area (Å²) in [5.41, 5.74) is 12.2. The molecule has 5 aromatic rings. The zero-order valence-corrected chi connectivity index (χ0v) is 26.4. The molecule has 45 heavy (non-hydrogen) atoms. The summed E-state index contributed by atoms with van der Waals surface area (Å²) in [4.78, 5) is 37.3. The van der Waals surface area contributed by atoms with Crippen LogP contribution in [0.1, 0.15) is 47.3 Å². The average Bonchev–Trinajstić information content (AvgIpc) is 3.59. The Bertz CT molecular complexity index is 2220. The van der Waals surface area contributed by atoms with Gasteiger partial charge in [-0.25, -0.2) is 0 Å². The van der Waals surface area contributed by atoms with Gasteiger partial charge in [-0.15, -0.1) is 0 Å². The Balaban J connectivity index is 1.69. The van der Waals surface area contributed by atoms with E-state index in [-0.39, 0.29) is 16.9 Å². The molecule has 1 unspecified atom stereocenters. The van der Waals surface area contributed by atoms with Gasteiger partial charge in [-0.1, -0.05) is 0 Å². The SMILES string of the molecule is B=C(/C(B)=C(B)\C(B)=C(\B)C)n1c(C(C)NC(=O)c2c(N)nn3cccnc23)nc2cccc(C#Cc3ccn(C)n3)c2c1=O. The van der Waals surface area contributed by atoms with Crippen LogP contribution in [0.3, 0.4) is 0 Å². The Hall–Kier alpha value is -5.31. The average molecular weight is 591 g/mol. The van der Waals surface area contributed by atoms with Crippen molar-refractivity contribution in [3.05, 3.63) is 104 Å². The molecule has 0 bridgehead atoms. The van der Waals surface area contributed by atoms with Crippen molar-refractivity contribution in [2.75, 3.05) is 5.73 Å². The molecule has 0 saturated heterocycles. The van der Waals surface area contributed by atoms with Crippen molar-refractivity contribution in [1.82, 2.24) is 39.2 Å². The molecule has 0 radical (unpaired) electrons. The number of hydrogen-bond acceptors (Lipinski definition) is 7. The van der Waals surface area contributed by atoms with E-state index in [2.05, 4.69) is 39.8 Å². The number of rotatable bonds is 6. The number of aromatic nitrogens is 7. The van der Waals surface area contributed by atoms with Crippen LogP contribution in [0.5, 0.6) is 0 Å². The van der Waals surface area contributed by atoms with Crippen LogP contribution in [-0.2, 0) is 7.05 Å². The van der Waals surface area contributed by atoms with Crippen LogP contribution in [0.25, 0.3) is 16.6 Å². The fraction of sp³-hybridized carbons (Fsp3) is 0.138. The predicted octanol–water partition coefficient (Wildman–Crippen LogP) is -2.50. The zero-order valence-electron chi connectivity index (χ0n) is 26.4. The molecule has 4 heterocycles. The minimum absolute atomic E-state index is 0.0365. The zero-order chi connectivity index (χ0) is 32.6. The van der Waals surface area contributed by atoms with Crippen molar-refractivity contribution < 1.29 is 4.79 Å². The summed E-state index contributed by atoms with van der Waals surface area (Å²) < 4.78 is 4.57. The van der Waals surface area contributed by atoms with Gasteiger partial charge in [0.25, 0.3) is 0 Å². The van der Waals surface area contributed by atoms with E-state index in [1.165, 1.54) is 9.08 Å². The number of fused-ring (bicyclic) bond motifs is 2. The Morgan fingerprint density at radius 2 is 1.80 bits per heavy atom. The topological polar surface area (TPSA) is 138 Å². The molecule has 0 aliphatic carbocycles. The number of anilines is 1. The molecule has 16 heteroatoms. The molecule has 3 N–H and O–H groups in total. The number of benzene rings is 1. The summed E-state index contributed by atoms with van der Waals surface area (Å²) in [6.45, 7) is 3.79. The number of aryl methyl sites for hydroxylation is 1. The van der Waals surface area contributed by atoms with Crippen LogP contribution in [0.2, 0.25) is 0 Å². The van der Waals surface area contributed by atoms with E-state index in [4.69, 9.17) is 10.7 Å². The molecule has 0 spiro atoms. The molecule has 5 rings (SSSR count). The van der Waals surface area contributed by atoms with Crippen LogP contribution in [-0.4, -0.2) is 84.3 Å². The quantitative estimate of drug-likeness (QED) is 0.127. The van der Waals surface area contributed by atoms with Gasteiger partial charge in [0, 0.05) is 0 Å². The Kier molecular flexibility index (Phi) is 8.55. The van der Waals surface area contributed by atoms with Crippen molar-refractivity contribution in [2.45, 2.75) is 19.9 Å². The van der Waals surface area contributed by atoms with Crippen LogP contribution in [0.4, 0.5) is 5.82 Å². The van der Waals surface area contributed by atoms with Crippen LogP contribution < -0.4 is 16.6 Å². The number of nitrogens with zero attached hydrogens (tertiary/aromatic N) is 7. The van der Waals surface area contributed by atoms with Crippen LogP contribution in [0, 0.1) is 11.8 Å². The Morgan fingerprint density at radius 3 is 2.49 bits per heavy atom.